The van der Waals surface area contributed by atoms with Gasteiger partial charge in [0.15, 0.2) is 11.5 Å². The second kappa shape index (κ2) is 7.33. The van der Waals surface area contributed by atoms with Crippen molar-refractivity contribution in [2.75, 3.05) is 0 Å². The number of nitrogens with one attached hydrogen (secondary N) is 1. The zero-order chi connectivity index (χ0) is 19.6. The molecule has 2 rings (SSSR count). The number of carbonyl (C=O) groups excluding carboxylic acids is 2. The summed E-state index contributed by atoms with van der Waals surface area (Å²) in [6.45, 7) is 9.35. The highest BCUT2D eigenvalue weighted by molar-refractivity contribution is 7.80. The predicted octanol–water partition coefficient (Wildman–Crippen LogP) is 2.81. The normalized spacial score (nSPS) is 12.2. The van der Waals surface area contributed by atoms with Crippen LogP contribution in [-0.2, 0) is 5.54 Å². The van der Waals surface area contributed by atoms with E-state index in [0.717, 1.165) is 5.56 Å². The zero-order valence-corrected chi connectivity index (χ0v) is 16.4. The number of thiol groups is 1. The van der Waals surface area contributed by atoms with Gasteiger partial charge in [0.05, 0.1) is 10.4 Å². The molecule has 0 saturated heterocycles. The Morgan fingerprint density at radius 3 is 2.31 bits per heavy atom. The van der Waals surface area contributed by atoms with Crippen LogP contribution in [0.15, 0.2) is 34.2 Å². The number of primary amides is 1. The van der Waals surface area contributed by atoms with E-state index in [1.165, 1.54) is 0 Å². The number of nitrogens with zero attached hydrogens (tertiary/aromatic N) is 3. The summed E-state index contributed by atoms with van der Waals surface area (Å²) in [5.74, 6) is -0.247. The standard InChI is InChI=1S/C18H23N5O2S/c1-10-6-8-12(9-7-10)17(25)21-11(2)20-16-14(26)13(15(19)24)22-23(16)18(3,4)5/h6-9,26H,1-5H3,(H2,19,24)(H,20,21,25). The molecule has 0 unspecified atom stereocenters. The third kappa shape index (κ3) is 4.32. The quantitative estimate of drug-likeness (QED) is 0.438. The molecular formula is C18H23N5O2S. The van der Waals surface area contributed by atoms with Gasteiger partial charge in [-0.1, -0.05) is 17.7 Å². The SMILES string of the molecule is C/C(=N\c1c(S)c(C(N)=O)nn1C(C)(C)C)NC(=O)c1ccc(C)cc1. The molecule has 138 valence electrons. The number of aryl methyl sites for hydroxylation is 1. The third-order valence-electron chi connectivity index (χ3n) is 3.59. The molecule has 0 saturated carbocycles. The Bertz CT molecular complexity index is 876. The predicted molar refractivity (Wildman–Crippen MR) is 104 cm³/mol. The van der Waals surface area contributed by atoms with E-state index in [-0.39, 0.29) is 16.5 Å². The lowest BCUT2D eigenvalue weighted by Gasteiger charge is -2.21. The molecule has 1 heterocycles. The molecule has 26 heavy (non-hydrogen) atoms. The van der Waals surface area contributed by atoms with E-state index in [2.05, 4.69) is 28.0 Å². The lowest BCUT2D eigenvalue weighted by molar-refractivity contribution is 0.0973. The number of aromatic nitrogens is 2. The van der Waals surface area contributed by atoms with Gasteiger partial charge in [0.2, 0.25) is 0 Å². The van der Waals surface area contributed by atoms with E-state index in [4.69, 9.17) is 5.73 Å². The number of amidine groups is 1. The molecule has 2 amide bonds. The average molecular weight is 373 g/mol. The highest BCUT2D eigenvalue weighted by Gasteiger charge is 2.26. The van der Waals surface area contributed by atoms with E-state index in [0.29, 0.717) is 17.2 Å². The Morgan fingerprint density at radius 1 is 1.23 bits per heavy atom. The summed E-state index contributed by atoms with van der Waals surface area (Å²) in [6, 6.07) is 7.21. The lowest BCUT2D eigenvalue weighted by atomic mass is 10.1. The van der Waals surface area contributed by atoms with Crippen LogP contribution >= 0.6 is 12.6 Å². The van der Waals surface area contributed by atoms with Crippen molar-refractivity contribution in [3.63, 3.8) is 0 Å². The summed E-state index contributed by atoms with van der Waals surface area (Å²) in [4.78, 5) is 28.6. The van der Waals surface area contributed by atoms with Crippen LogP contribution in [0.5, 0.6) is 0 Å². The van der Waals surface area contributed by atoms with Crippen LogP contribution in [0.3, 0.4) is 0 Å². The van der Waals surface area contributed by atoms with Crippen LogP contribution in [0.4, 0.5) is 5.82 Å². The van der Waals surface area contributed by atoms with Crippen LogP contribution < -0.4 is 11.1 Å². The van der Waals surface area contributed by atoms with Gasteiger partial charge in [0, 0.05) is 5.56 Å². The van der Waals surface area contributed by atoms with E-state index in [1.54, 1.807) is 23.7 Å². The van der Waals surface area contributed by atoms with Crippen LogP contribution in [0.1, 0.15) is 54.1 Å². The molecule has 1 aromatic carbocycles. The van der Waals surface area contributed by atoms with E-state index in [9.17, 15) is 9.59 Å². The second-order valence-corrected chi connectivity index (χ2v) is 7.43. The summed E-state index contributed by atoms with van der Waals surface area (Å²) in [5, 5.41) is 6.95. The Labute approximate surface area is 158 Å². The van der Waals surface area contributed by atoms with Gasteiger partial charge >= 0.3 is 0 Å². The number of aliphatic imine (C=N–C) groups is 1. The molecule has 0 radical (unpaired) electrons. The Morgan fingerprint density at radius 2 is 1.81 bits per heavy atom. The number of nitrogens with two attached hydrogens (primary N) is 1. The zero-order valence-electron chi connectivity index (χ0n) is 15.5. The highest BCUT2D eigenvalue weighted by atomic mass is 32.1. The molecule has 7 nitrogen and oxygen atoms in total. The highest BCUT2D eigenvalue weighted by Crippen LogP contribution is 2.31. The molecule has 0 atom stereocenters. The fourth-order valence-corrected chi connectivity index (χ4v) is 2.56. The lowest BCUT2D eigenvalue weighted by Crippen LogP contribution is -2.29. The van der Waals surface area contributed by atoms with Crippen molar-refractivity contribution in [3.05, 3.63) is 41.1 Å². The summed E-state index contributed by atoms with van der Waals surface area (Å²) in [5.41, 5.74) is 6.54. The minimum Gasteiger partial charge on any atom is -0.364 e. The number of amides is 2. The van der Waals surface area contributed by atoms with Gasteiger partial charge in [-0.25, -0.2) is 9.67 Å². The molecule has 0 fully saturated rings. The van der Waals surface area contributed by atoms with E-state index >= 15 is 0 Å². The fraction of sp³-hybridized carbons (Fsp3) is 0.333. The number of carbonyl (C=O) groups is 2. The Hall–Kier alpha value is -2.61. The largest absolute Gasteiger partial charge is 0.364 e. The van der Waals surface area contributed by atoms with Gasteiger partial charge in [0.1, 0.15) is 5.84 Å². The smallest absolute Gasteiger partial charge is 0.270 e. The maximum Gasteiger partial charge on any atom is 0.270 e. The Kier molecular flexibility index (Phi) is 5.56. The van der Waals surface area contributed by atoms with Crippen LogP contribution in [0, 0.1) is 6.92 Å². The van der Waals surface area contributed by atoms with Crippen molar-refractivity contribution in [3.8, 4) is 0 Å². The van der Waals surface area contributed by atoms with Gasteiger partial charge < -0.3 is 11.1 Å². The molecule has 0 aliphatic rings. The van der Waals surface area contributed by atoms with Crippen molar-refractivity contribution in [2.45, 2.75) is 45.1 Å². The molecule has 0 aliphatic carbocycles. The molecule has 8 heteroatoms. The van der Waals surface area contributed by atoms with Crippen molar-refractivity contribution in [2.24, 2.45) is 10.7 Å². The first kappa shape index (κ1) is 19.7. The molecule has 0 spiro atoms. The van der Waals surface area contributed by atoms with Crippen LogP contribution in [-0.4, -0.2) is 27.4 Å². The number of hydrogen-bond acceptors (Lipinski definition) is 5. The van der Waals surface area contributed by atoms with Gasteiger partial charge in [-0.05, 0) is 46.8 Å². The Balaban J connectivity index is 2.37. The third-order valence-corrected chi connectivity index (χ3v) is 4.00. The van der Waals surface area contributed by atoms with Crippen molar-refractivity contribution >= 4 is 36.1 Å². The molecule has 3 N–H and O–H groups in total. The van der Waals surface area contributed by atoms with Crippen molar-refractivity contribution < 1.29 is 9.59 Å². The topological polar surface area (TPSA) is 102 Å². The first-order valence-corrected chi connectivity index (χ1v) is 8.51. The first-order chi connectivity index (χ1) is 12.0. The van der Waals surface area contributed by atoms with Gasteiger partial charge in [-0.3, -0.25) is 9.59 Å². The van der Waals surface area contributed by atoms with Gasteiger partial charge in [-0.2, -0.15) is 5.10 Å². The first-order valence-electron chi connectivity index (χ1n) is 8.06. The number of rotatable bonds is 3. The molecule has 1 aromatic heterocycles. The van der Waals surface area contributed by atoms with Crippen LogP contribution in [0.25, 0.3) is 0 Å². The van der Waals surface area contributed by atoms with Crippen LogP contribution in [0.2, 0.25) is 0 Å². The van der Waals surface area contributed by atoms with Crippen molar-refractivity contribution in [1.29, 1.82) is 0 Å². The van der Waals surface area contributed by atoms with Crippen molar-refractivity contribution in [1.82, 2.24) is 15.1 Å². The fourth-order valence-electron chi connectivity index (χ4n) is 2.26. The number of benzene rings is 1. The van der Waals surface area contributed by atoms with E-state index in [1.807, 2.05) is 39.8 Å². The summed E-state index contributed by atoms with van der Waals surface area (Å²) >= 11 is 4.35. The molecule has 0 aliphatic heterocycles. The summed E-state index contributed by atoms with van der Waals surface area (Å²) in [6.07, 6.45) is 0. The maximum absolute atomic E-state index is 12.3. The molecule has 0 bridgehead atoms. The average Bonchev–Trinajstić information content (AvgIpc) is 2.85. The van der Waals surface area contributed by atoms with E-state index < -0.39 is 11.4 Å². The molecule has 2 aromatic rings. The monoisotopic (exact) mass is 373 g/mol. The number of hydrogen-bond donors (Lipinski definition) is 3. The maximum atomic E-state index is 12.3. The molecular weight excluding hydrogens is 350 g/mol. The van der Waals surface area contributed by atoms with Gasteiger partial charge in [0.25, 0.3) is 11.8 Å². The second-order valence-electron chi connectivity index (χ2n) is 6.99. The summed E-state index contributed by atoms with van der Waals surface area (Å²) < 4.78 is 1.57. The minimum atomic E-state index is -0.684. The summed E-state index contributed by atoms with van der Waals surface area (Å²) in [7, 11) is 0. The minimum absolute atomic E-state index is 0.0414. The van der Waals surface area contributed by atoms with Gasteiger partial charge in [-0.15, -0.1) is 12.6 Å².